The van der Waals surface area contributed by atoms with Crippen molar-refractivity contribution in [3.05, 3.63) is 95.6 Å². The molecule has 0 aliphatic carbocycles. The molecule has 1 unspecified atom stereocenters. The van der Waals surface area contributed by atoms with Crippen LogP contribution in [0, 0.1) is 6.92 Å². The molecule has 0 fully saturated rings. The lowest BCUT2D eigenvalue weighted by molar-refractivity contribution is 0.217. The average Bonchev–Trinajstić information content (AvgIpc) is 2.74. The molecule has 1 N–H and O–H groups in total. The summed E-state index contributed by atoms with van der Waals surface area (Å²) in [7, 11) is 0. The lowest BCUT2D eigenvalue weighted by Gasteiger charge is -2.15. The zero-order valence-corrected chi connectivity index (χ0v) is 16.7. The van der Waals surface area contributed by atoms with E-state index < -0.39 is 0 Å². The van der Waals surface area contributed by atoms with Gasteiger partial charge in [-0.2, -0.15) is 0 Å². The number of nitrogens with one attached hydrogen (secondary N) is 1. The van der Waals surface area contributed by atoms with E-state index in [9.17, 15) is 0 Å². The largest absolute Gasteiger partial charge is 0.490 e. The molecule has 0 heterocycles. The van der Waals surface area contributed by atoms with Crippen LogP contribution in [0.4, 0.5) is 0 Å². The number of aryl methyl sites for hydroxylation is 1. The fourth-order valence-electron chi connectivity index (χ4n) is 3.12. The van der Waals surface area contributed by atoms with Gasteiger partial charge in [-0.1, -0.05) is 54.6 Å². The summed E-state index contributed by atoms with van der Waals surface area (Å²) in [6, 6.07) is 27.0. The maximum Gasteiger partial charge on any atom is 0.122 e. The van der Waals surface area contributed by atoms with Crippen molar-refractivity contribution in [3.63, 3.8) is 0 Å². The lowest BCUT2D eigenvalue weighted by atomic mass is 10.0. The summed E-state index contributed by atoms with van der Waals surface area (Å²) in [6.07, 6.45) is 1.04. The van der Waals surface area contributed by atoms with Crippen LogP contribution in [0.2, 0.25) is 0 Å². The highest BCUT2D eigenvalue weighted by Crippen LogP contribution is 2.18. The number of hydrogen-bond donors (Lipinski definition) is 1. The van der Waals surface area contributed by atoms with E-state index in [1.165, 1.54) is 16.7 Å². The van der Waals surface area contributed by atoms with Crippen LogP contribution >= 0.6 is 0 Å². The predicted molar refractivity (Wildman–Crippen MR) is 115 cm³/mol. The molecule has 1 atom stereocenters. The molecule has 0 aromatic heterocycles. The monoisotopic (exact) mass is 375 g/mol. The molecule has 0 amide bonds. The third kappa shape index (κ3) is 6.14. The highest BCUT2D eigenvalue weighted by Gasteiger charge is 2.06. The molecule has 3 rings (SSSR count). The normalized spacial score (nSPS) is 11.8. The standard InChI is InChI=1S/C25H29NO2/c1-20-8-6-7-9-22(20)16-17-26-21(2)23-12-14-25(15-13-23)28-19-18-27-24-10-4-3-5-11-24/h3-15,21,26H,16-19H2,1-2H3. The second-order valence-electron chi connectivity index (χ2n) is 6.93. The quantitative estimate of drug-likeness (QED) is 0.485. The Balaban J connectivity index is 1.38. The van der Waals surface area contributed by atoms with Gasteiger partial charge in [0, 0.05) is 6.04 Å². The van der Waals surface area contributed by atoms with Crippen LogP contribution in [-0.2, 0) is 6.42 Å². The highest BCUT2D eigenvalue weighted by atomic mass is 16.5. The molecule has 28 heavy (non-hydrogen) atoms. The second-order valence-corrected chi connectivity index (χ2v) is 6.93. The number of para-hydroxylation sites is 1. The highest BCUT2D eigenvalue weighted by molar-refractivity contribution is 5.29. The molecule has 3 nitrogen and oxygen atoms in total. The van der Waals surface area contributed by atoms with Gasteiger partial charge in [-0.15, -0.1) is 0 Å². The fraction of sp³-hybridized carbons (Fsp3) is 0.280. The average molecular weight is 376 g/mol. The summed E-state index contributed by atoms with van der Waals surface area (Å²) in [4.78, 5) is 0. The summed E-state index contributed by atoms with van der Waals surface area (Å²) >= 11 is 0. The summed E-state index contributed by atoms with van der Waals surface area (Å²) in [5, 5.41) is 3.60. The third-order valence-electron chi connectivity index (χ3n) is 4.85. The minimum Gasteiger partial charge on any atom is -0.490 e. The van der Waals surface area contributed by atoms with Crippen molar-refractivity contribution in [2.24, 2.45) is 0 Å². The van der Waals surface area contributed by atoms with Crippen LogP contribution < -0.4 is 14.8 Å². The predicted octanol–water partition coefficient (Wildman–Crippen LogP) is 5.35. The Morgan fingerprint density at radius 3 is 2.04 bits per heavy atom. The molecule has 0 aliphatic heterocycles. The van der Waals surface area contributed by atoms with Gasteiger partial charge < -0.3 is 14.8 Å². The lowest BCUT2D eigenvalue weighted by Crippen LogP contribution is -2.21. The molecule has 0 spiro atoms. The van der Waals surface area contributed by atoms with E-state index in [0.717, 1.165) is 24.5 Å². The Morgan fingerprint density at radius 1 is 0.750 bits per heavy atom. The summed E-state index contributed by atoms with van der Waals surface area (Å²) in [5.74, 6) is 1.74. The van der Waals surface area contributed by atoms with Crippen LogP contribution in [0.25, 0.3) is 0 Å². The van der Waals surface area contributed by atoms with Crippen molar-refractivity contribution in [3.8, 4) is 11.5 Å². The molecule has 3 aromatic rings. The van der Waals surface area contributed by atoms with Crippen LogP contribution in [0.3, 0.4) is 0 Å². The molecule has 3 aromatic carbocycles. The van der Waals surface area contributed by atoms with Crippen molar-refractivity contribution in [2.75, 3.05) is 19.8 Å². The van der Waals surface area contributed by atoms with E-state index in [0.29, 0.717) is 19.3 Å². The maximum absolute atomic E-state index is 5.77. The molecule has 3 heteroatoms. The molecule has 0 bridgehead atoms. The van der Waals surface area contributed by atoms with Crippen LogP contribution in [0.15, 0.2) is 78.9 Å². The SMILES string of the molecule is Cc1ccccc1CCNC(C)c1ccc(OCCOc2ccccc2)cc1. The van der Waals surface area contributed by atoms with E-state index >= 15 is 0 Å². The Kier molecular flexibility index (Phi) is 7.51. The molecule has 146 valence electrons. The van der Waals surface area contributed by atoms with Gasteiger partial charge in [-0.3, -0.25) is 0 Å². The smallest absolute Gasteiger partial charge is 0.122 e. The minimum atomic E-state index is 0.305. The van der Waals surface area contributed by atoms with E-state index in [1.807, 2.05) is 42.5 Å². The van der Waals surface area contributed by atoms with Crippen molar-refractivity contribution < 1.29 is 9.47 Å². The minimum absolute atomic E-state index is 0.305. The van der Waals surface area contributed by atoms with Crippen molar-refractivity contribution in [1.82, 2.24) is 5.32 Å². The number of benzene rings is 3. The summed E-state index contributed by atoms with van der Waals surface area (Å²) in [6.45, 7) is 6.38. The zero-order chi connectivity index (χ0) is 19.6. The van der Waals surface area contributed by atoms with Crippen molar-refractivity contribution in [1.29, 1.82) is 0 Å². The second kappa shape index (κ2) is 10.5. The molecule has 0 radical (unpaired) electrons. The van der Waals surface area contributed by atoms with E-state index in [-0.39, 0.29) is 0 Å². The Hall–Kier alpha value is -2.78. The topological polar surface area (TPSA) is 30.5 Å². The van der Waals surface area contributed by atoms with Gasteiger partial charge in [0.25, 0.3) is 0 Å². The molecular formula is C25H29NO2. The summed E-state index contributed by atoms with van der Waals surface area (Å²) < 4.78 is 11.4. The Bertz CT molecular complexity index is 831. The van der Waals surface area contributed by atoms with Gasteiger partial charge in [-0.05, 0) is 67.8 Å². The van der Waals surface area contributed by atoms with Gasteiger partial charge in [-0.25, -0.2) is 0 Å². The molecule has 0 aliphatic rings. The third-order valence-corrected chi connectivity index (χ3v) is 4.85. The van der Waals surface area contributed by atoms with Crippen LogP contribution in [0.5, 0.6) is 11.5 Å². The molecule has 0 saturated heterocycles. The van der Waals surface area contributed by atoms with Gasteiger partial charge in [0.15, 0.2) is 0 Å². The summed E-state index contributed by atoms with van der Waals surface area (Å²) in [5.41, 5.74) is 4.02. The van der Waals surface area contributed by atoms with E-state index in [2.05, 4.69) is 55.6 Å². The maximum atomic E-state index is 5.77. The molecule has 0 saturated carbocycles. The van der Waals surface area contributed by atoms with Crippen LogP contribution in [0.1, 0.15) is 29.7 Å². The van der Waals surface area contributed by atoms with Crippen molar-refractivity contribution in [2.45, 2.75) is 26.3 Å². The number of rotatable bonds is 10. The number of hydrogen-bond acceptors (Lipinski definition) is 3. The first-order chi connectivity index (χ1) is 13.7. The zero-order valence-electron chi connectivity index (χ0n) is 16.7. The fourth-order valence-corrected chi connectivity index (χ4v) is 3.12. The first-order valence-electron chi connectivity index (χ1n) is 9.91. The van der Waals surface area contributed by atoms with E-state index in [1.54, 1.807) is 0 Å². The van der Waals surface area contributed by atoms with Crippen molar-refractivity contribution >= 4 is 0 Å². The van der Waals surface area contributed by atoms with Gasteiger partial charge >= 0.3 is 0 Å². The van der Waals surface area contributed by atoms with Gasteiger partial charge in [0.05, 0.1) is 0 Å². The van der Waals surface area contributed by atoms with E-state index in [4.69, 9.17) is 9.47 Å². The first kappa shape index (κ1) is 20.0. The Morgan fingerprint density at radius 2 is 1.36 bits per heavy atom. The van der Waals surface area contributed by atoms with Gasteiger partial charge in [0.1, 0.15) is 24.7 Å². The molecular weight excluding hydrogens is 346 g/mol. The number of ether oxygens (including phenoxy) is 2. The van der Waals surface area contributed by atoms with Gasteiger partial charge in [0.2, 0.25) is 0 Å². The van der Waals surface area contributed by atoms with Crippen LogP contribution in [-0.4, -0.2) is 19.8 Å². The first-order valence-corrected chi connectivity index (χ1v) is 9.91. The Labute approximate surface area is 168 Å².